The molecule has 0 amide bonds. The lowest BCUT2D eigenvalue weighted by Crippen LogP contribution is -2.48. The second-order valence-electron chi connectivity index (χ2n) is 3.70. The molecule has 1 saturated heterocycles. The van der Waals surface area contributed by atoms with E-state index >= 15 is 0 Å². The molecule has 1 heterocycles. The molecular formula is C11H14FNO. The topological polar surface area (TPSA) is 21.3 Å². The first-order valence-corrected chi connectivity index (χ1v) is 4.79. The summed E-state index contributed by atoms with van der Waals surface area (Å²) in [7, 11) is 1.48. The lowest BCUT2D eigenvalue weighted by atomic mass is 9.86. The predicted molar refractivity (Wildman–Crippen MR) is 53.2 cm³/mol. The first kappa shape index (κ1) is 9.46. The Morgan fingerprint density at radius 1 is 1.50 bits per heavy atom. The molecular weight excluding hydrogens is 181 g/mol. The Kier molecular flexibility index (Phi) is 2.42. The number of ether oxygens (including phenoxy) is 1. The number of rotatable bonds is 2. The molecule has 1 fully saturated rings. The van der Waals surface area contributed by atoms with E-state index in [1.807, 2.05) is 6.07 Å². The van der Waals surface area contributed by atoms with Crippen molar-refractivity contribution < 1.29 is 9.13 Å². The zero-order valence-electron chi connectivity index (χ0n) is 8.38. The van der Waals surface area contributed by atoms with Crippen molar-refractivity contribution in [2.24, 2.45) is 0 Å². The molecule has 3 heteroatoms. The maximum atomic E-state index is 13.4. The summed E-state index contributed by atoms with van der Waals surface area (Å²) < 4.78 is 18.2. The zero-order valence-corrected chi connectivity index (χ0v) is 8.38. The highest BCUT2D eigenvalue weighted by Gasteiger charge is 2.27. The Bertz CT molecular complexity index is 340. The molecule has 76 valence electrons. The van der Waals surface area contributed by atoms with Crippen LogP contribution in [0.2, 0.25) is 0 Å². The first-order chi connectivity index (χ1) is 6.72. The van der Waals surface area contributed by atoms with Gasteiger partial charge in [-0.05, 0) is 24.6 Å². The SMILES string of the molecule is COc1ccc(C2CNC2C)cc1F. The van der Waals surface area contributed by atoms with Crippen LogP contribution < -0.4 is 10.1 Å². The molecule has 0 bridgehead atoms. The molecule has 0 spiro atoms. The average molecular weight is 195 g/mol. The van der Waals surface area contributed by atoms with E-state index < -0.39 is 0 Å². The van der Waals surface area contributed by atoms with Gasteiger partial charge < -0.3 is 10.1 Å². The zero-order chi connectivity index (χ0) is 10.1. The highest BCUT2D eigenvalue weighted by atomic mass is 19.1. The molecule has 14 heavy (non-hydrogen) atoms. The number of hydrogen-bond donors (Lipinski definition) is 1. The van der Waals surface area contributed by atoms with Crippen LogP contribution in [0.3, 0.4) is 0 Å². The van der Waals surface area contributed by atoms with Gasteiger partial charge in [0.1, 0.15) is 0 Å². The molecule has 2 atom stereocenters. The van der Waals surface area contributed by atoms with Crippen molar-refractivity contribution in [2.45, 2.75) is 18.9 Å². The van der Waals surface area contributed by atoms with Crippen molar-refractivity contribution in [3.8, 4) is 5.75 Å². The Morgan fingerprint density at radius 3 is 2.71 bits per heavy atom. The molecule has 2 unspecified atom stereocenters. The second kappa shape index (κ2) is 3.58. The van der Waals surface area contributed by atoms with Crippen molar-refractivity contribution >= 4 is 0 Å². The van der Waals surface area contributed by atoms with Crippen LogP contribution in [0.1, 0.15) is 18.4 Å². The molecule has 1 aromatic rings. The molecule has 1 N–H and O–H groups in total. The molecule has 1 aromatic carbocycles. The van der Waals surface area contributed by atoms with Gasteiger partial charge in [-0.15, -0.1) is 0 Å². The summed E-state index contributed by atoms with van der Waals surface area (Å²) in [6.45, 7) is 3.04. The summed E-state index contributed by atoms with van der Waals surface area (Å²) in [6.07, 6.45) is 0. The highest BCUT2D eigenvalue weighted by molar-refractivity contribution is 5.33. The van der Waals surface area contributed by atoms with Gasteiger partial charge in [0.2, 0.25) is 0 Å². The first-order valence-electron chi connectivity index (χ1n) is 4.79. The third-order valence-corrected chi connectivity index (χ3v) is 2.87. The van der Waals surface area contributed by atoms with Crippen LogP contribution >= 0.6 is 0 Å². The van der Waals surface area contributed by atoms with E-state index in [1.165, 1.54) is 7.11 Å². The van der Waals surface area contributed by atoms with Crippen molar-refractivity contribution in [1.82, 2.24) is 5.32 Å². The summed E-state index contributed by atoms with van der Waals surface area (Å²) in [4.78, 5) is 0. The average Bonchev–Trinajstić information content (AvgIpc) is 2.16. The summed E-state index contributed by atoms with van der Waals surface area (Å²) >= 11 is 0. The van der Waals surface area contributed by atoms with E-state index in [-0.39, 0.29) is 5.82 Å². The Hall–Kier alpha value is -1.09. The van der Waals surface area contributed by atoms with Gasteiger partial charge in [0, 0.05) is 18.5 Å². The normalized spacial score (nSPS) is 25.6. The fourth-order valence-corrected chi connectivity index (χ4v) is 1.79. The van der Waals surface area contributed by atoms with Crippen LogP contribution in [0.25, 0.3) is 0 Å². The van der Waals surface area contributed by atoms with Crippen LogP contribution in [0.15, 0.2) is 18.2 Å². The van der Waals surface area contributed by atoms with Crippen LogP contribution in [-0.2, 0) is 0 Å². The van der Waals surface area contributed by atoms with Gasteiger partial charge in [0.15, 0.2) is 11.6 Å². The van der Waals surface area contributed by atoms with Gasteiger partial charge in [-0.2, -0.15) is 0 Å². The molecule has 0 aromatic heterocycles. The van der Waals surface area contributed by atoms with E-state index in [0.717, 1.165) is 12.1 Å². The molecule has 2 rings (SSSR count). The summed E-state index contributed by atoms with van der Waals surface area (Å²) in [5.74, 6) is 0.480. The minimum absolute atomic E-state index is 0.274. The van der Waals surface area contributed by atoms with Crippen molar-refractivity contribution in [1.29, 1.82) is 0 Å². The van der Waals surface area contributed by atoms with Crippen LogP contribution in [-0.4, -0.2) is 19.7 Å². The van der Waals surface area contributed by atoms with Crippen molar-refractivity contribution in [2.75, 3.05) is 13.7 Å². The van der Waals surface area contributed by atoms with Crippen molar-refractivity contribution in [3.63, 3.8) is 0 Å². The number of hydrogen-bond acceptors (Lipinski definition) is 2. The quantitative estimate of drug-likeness (QED) is 0.778. The molecule has 1 aliphatic rings. The molecule has 0 aliphatic carbocycles. The van der Waals surface area contributed by atoms with E-state index in [4.69, 9.17) is 4.74 Å². The van der Waals surface area contributed by atoms with E-state index in [0.29, 0.717) is 17.7 Å². The lowest BCUT2D eigenvalue weighted by Gasteiger charge is -2.35. The fourth-order valence-electron chi connectivity index (χ4n) is 1.79. The van der Waals surface area contributed by atoms with Gasteiger partial charge in [-0.1, -0.05) is 6.07 Å². The Labute approximate surface area is 83.1 Å². The van der Waals surface area contributed by atoms with Crippen LogP contribution in [0.4, 0.5) is 4.39 Å². The maximum Gasteiger partial charge on any atom is 0.165 e. The third kappa shape index (κ3) is 1.48. The lowest BCUT2D eigenvalue weighted by molar-refractivity contribution is 0.332. The van der Waals surface area contributed by atoms with Gasteiger partial charge >= 0.3 is 0 Å². The predicted octanol–water partition coefficient (Wildman–Crippen LogP) is 1.91. The number of nitrogens with one attached hydrogen (secondary N) is 1. The number of halogens is 1. The minimum atomic E-state index is -0.274. The Balaban J connectivity index is 2.24. The summed E-state index contributed by atoms with van der Waals surface area (Å²) in [5.41, 5.74) is 1.05. The van der Waals surface area contributed by atoms with E-state index in [9.17, 15) is 4.39 Å². The highest BCUT2D eigenvalue weighted by Crippen LogP contribution is 2.28. The van der Waals surface area contributed by atoms with Gasteiger partial charge in [0.25, 0.3) is 0 Å². The summed E-state index contributed by atoms with van der Waals surface area (Å²) in [6, 6.07) is 5.64. The number of methoxy groups -OCH3 is 1. The van der Waals surface area contributed by atoms with Gasteiger partial charge in [-0.25, -0.2) is 4.39 Å². The monoisotopic (exact) mass is 195 g/mol. The molecule has 2 nitrogen and oxygen atoms in total. The van der Waals surface area contributed by atoms with Gasteiger partial charge in [0.05, 0.1) is 7.11 Å². The second-order valence-corrected chi connectivity index (χ2v) is 3.70. The van der Waals surface area contributed by atoms with E-state index in [1.54, 1.807) is 12.1 Å². The third-order valence-electron chi connectivity index (χ3n) is 2.87. The minimum Gasteiger partial charge on any atom is -0.494 e. The summed E-state index contributed by atoms with van der Waals surface area (Å²) in [5, 5.41) is 3.25. The molecule has 0 saturated carbocycles. The standard InChI is InChI=1S/C11H14FNO/c1-7-9(6-13-7)8-3-4-11(14-2)10(12)5-8/h3-5,7,9,13H,6H2,1-2H3. The van der Waals surface area contributed by atoms with Crippen LogP contribution in [0.5, 0.6) is 5.75 Å². The molecule has 1 aliphatic heterocycles. The van der Waals surface area contributed by atoms with Crippen molar-refractivity contribution in [3.05, 3.63) is 29.6 Å². The molecule has 0 radical (unpaired) electrons. The fraction of sp³-hybridized carbons (Fsp3) is 0.455. The largest absolute Gasteiger partial charge is 0.494 e. The number of benzene rings is 1. The van der Waals surface area contributed by atoms with Gasteiger partial charge in [-0.3, -0.25) is 0 Å². The maximum absolute atomic E-state index is 13.4. The van der Waals surface area contributed by atoms with Crippen LogP contribution in [0, 0.1) is 5.82 Å². The van der Waals surface area contributed by atoms with E-state index in [2.05, 4.69) is 12.2 Å². The Morgan fingerprint density at radius 2 is 2.29 bits per heavy atom. The smallest absolute Gasteiger partial charge is 0.165 e.